The third-order valence-corrected chi connectivity index (χ3v) is 5.72. The number of anilines is 1. The minimum atomic E-state index is -4.66. The molecule has 1 aliphatic heterocycles. The SMILES string of the molecule is CN(C)C1CN(C(=O)Cn2cc3cc(NC(=O)c4cccc(C(F)(F)F)n4)c(Cl)cc3n2)C1. The van der Waals surface area contributed by atoms with Crippen LogP contribution in [0.25, 0.3) is 10.9 Å². The molecule has 3 heterocycles. The van der Waals surface area contributed by atoms with E-state index in [0.717, 1.165) is 12.1 Å². The Kier molecular flexibility index (Phi) is 6.02. The number of rotatable bonds is 5. The molecule has 1 aromatic carbocycles. The highest BCUT2D eigenvalue weighted by Crippen LogP contribution is 2.29. The summed E-state index contributed by atoms with van der Waals surface area (Å²) in [4.78, 5) is 32.1. The molecular formula is C21H20ClF3N6O2. The minimum absolute atomic E-state index is 0.0578. The van der Waals surface area contributed by atoms with E-state index in [1.165, 1.54) is 16.8 Å². The number of fused-ring (bicyclic) bond motifs is 1. The minimum Gasteiger partial charge on any atom is -0.338 e. The lowest BCUT2D eigenvalue weighted by Crippen LogP contribution is -2.59. The zero-order valence-corrected chi connectivity index (χ0v) is 18.5. The standard InChI is InChI=1S/C21H20ClF3N6O2/c1-29(2)13-9-30(10-13)19(32)11-31-8-12-6-17(14(22)7-16(12)28-31)27-20(33)15-4-3-5-18(26-15)21(23,24)25/h3-8,13H,9-11H2,1-2H3,(H,27,33). The maximum atomic E-state index is 12.9. The number of pyridine rings is 1. The molecule has 0 spiro atoms. The van der Waals surface area contributed by atoms with E-state index < -0.39 is 23.5 Å². The molecule has 12 heteroatoms. The van der Waals surface area contributed by atoms with Crippen molar-refractivity contribution < 1.29 is 22.8 Å². The van der Waals surface area contributed by atoms with E-state index in [0.29, 0.717) is 30.0 Å². The predicted octanol–water partition coefficient (Wildman–Crippen LogP) is 3.13. The van der Waals surface area contributed by atoms with Crippen LogP contribution in [0.15, 0.2) is 36.5 Å². The number of nitrogens with zero attached hydrogens (tertiary/aromatic N) is 5. The van der Waals surface area contributed by atoms with Gasteiger partial charge in [-0.05, 0) is 38.4 Å². The molecule has 1 N–H and O–H groups in total. The smallest absolute Gasteiger partial charge is 0.338 e. The second kappa shape index (κ2) is 8.64. The van der Waals surface area contributed by atoms with Crippen molar-refractivity contribution in [1.29, 1.82) is 0 Å². The second-order valence-corrected chi connectivity index (χ2v) is 8.40. The Morgan fingerprint density at radius 2 is 1.97 bits per heavy atom. The number of hydrogen-bond acceptors (Lipinski definition) is 5. The zero-order valence-electron chi connectivity index (χ0n) is 17.7. The quantitative estimate of drug-likeness (QED) is 0.606. The molecule has 2 amide bonds. The molecule has 8 nitrogen and oxygen atoms in total. The summed E-state index contributed by atoms with van der Waals surface area (Å²) in [6.07, 6.45) is -3.02. The van der Waals surface area contributed by atoms with Crippen molar-refractivity contribution in [1.82, 2.24) is 24.6 Å². The third kappa shape index (κ3) is 4.93. The van der Waals surface area contributed by atoms with Gasteiger partial charge in [0, 0.05) is 30.7 Å². The Morgan fingerprint density at radius 1 is 1.24 bits per heavy atom. The van der Waals surface area contributed by atoms with Crippen molar-refractivity contribution in [3.8, 4) is 0 Å². The van der Waals surface area contributed by atoms with Crippen LogP contribution < -0.4 is 5.32 Å². The summed E-state index contributed by atoms with van der Waals surface area (Å²) < 4.78 is 40.1. The highest BCUT2D eigenvalue weighted by Gasteiger charge is 2.33. The van der Waals surface area contributed by atoms with Gasteiger partial charge in [0.15, 0.2) is 0 Å². The molecule has 4 rings (SSSR count). The first-order chi connectivity index (χ1) is 15.5. The van der Waals surface area contributed by atoms with Gasteiger partial charge in [-0.1, -0.05) is 17.7 Å². The lowest BCUT2D eigenvalue weighted by Gasteiger charge is -2.42. The van der Waals surface area contributed by atoms with Crippen LogP contribution in [0, 0.1) is 0 Å². The molecular weight excluding hydrogens is 461 g/mol. The molecule has 1 fully saturated rings. The molecule has 1 aliphatic rings. The summed E-state index contributed by atoms with van der Waals surface area (Å²) in [5, 5.41) is 7.59. The Hall–Kier alpha value is -3.18. The zero-order chi connectivity index (χ0) is 23.9. The number of carbonyl (C=O) groups is 2. The van der Waals surface area contributed by atoms with Crippen LogP contribution in [-0.2, 0) is 17.5 Å². The van der Waals surface area contributed by atoms with Gasteiger partial charge in [0.25, 0.3) is 5.91 Å². The van der Waals surface area contributed by atoms with Crippen LogP contribution in [-0.4, -0.2) is 69.6 Å². The first kappa shape index (κ1) is 23.0. The molecule has 33 heavy (non-hydrogen) atoms. The summed E-state index contributed by atoms with van der Waals surface area (Å²) in [7, 11) is 3.94. The van der Waals surface area contributed by atoms with Crippen LogP contribution in [0.4, 0.5) is 18.9 Å². The van der Waals surface area contributed by atoms with Gasteiger partial charge >= 0.3 is 6.18 Å². The number of nitrogens with one attached hydrogen (secondary N) is 1. The molecule has 2 aromatic heterocycles. The lowest BCUT2D eigenvalue weighted by atomic mass is 10.1. The molecule has 174 valence electrons. The van der Waals surface area contributed by atoms with E-state index in [4.69, 9.17) is 11.6 Å². The van der Waals surface area contributed by atoms with E-state index in [1.54, 1.807) is 17.2 Å². The Labute approximate surface area is 191 Å². The Bertz CT molecular complexity index is 1220. The van der Waals surface area contributed by atoms with E-state index in [2.05, 4.69) is 20.3 Å². The monoisotopic (exact) mass is 480 g/mol. The summed E-state index contributed by atoms with van der Waals surface area (Å²) >= 11 is 6.24. The molecule has 0 saturated carbocycles. The first-order valence-electron chi connectivity index (χ1n) is 9.98. The average Bonchev–Trinajstić information content (AvgIpc) is 3.06. The van der Waals surface area contributed by atoms with E-state index >= 15 is 0 Å². The normalized spacial score (nSPS) is 14.6. The van der Waals surface area contributed by atoms with Gasteiger partial charge in [-0.15, -0.1) is 0 Å². The van der Waals surface area contributed by atoms with Crippen molar-refractivity contribution in [2.24, 2.45) is 0 Å². The largest absolute Gasteiger partial charge is 0.433 e. The van der Waals surface area contributed by atoms with Gasteiger partial charge in [-0.3, -0.25) is 14.3 Å². The number of aromatic nitrogens is 3. The molecule has 3 aromatic rings. The van der Waals surface area contributed by atoms with Gasteiger partial charge in [-0.2, -0.15) is 18.3 Å². The number of likely N-dealkylation sites (N-methyl/N-ethyl adjacent to an activating group) is 1. The number of halogens is 4. The molecule has 1 saturated heterocycles. The topological polar surface area (TPSA) is 83.4 Å². The van der Waals surface area contributed by atoms with Crippen molar-refractivity contribution >= 4 is 40.0 Å². The van der Waals surface area contributed by atoms with E-state index in [9.17, 15) is 22.8 Å². The highest BCUT2D eigenvalue weighted by molar-refractivity contribution is 6.34. The first-order valence-corrected chi connectivity index (χ1v) is 10.4. The van der Waals surface area contributed by atoms with Gasteiger partial charge in [-0.25, -0.2) is 4.98 Å². The van der Waals surface area contributed by atoms with Crippen LogP contribution in [0.5, 0.6) is 0 Å². The Balaban J connectivity index is 1.48. The number of alkyl halides is 3. The Morgan fingerprint density at radius 3 is 2.64 bits per heavy atom. The lowest BCUT2D eigenvalue weighted by molar-refractivity contribution is -0.141. The number of benzene rings is 1. The van der Waals surface area contributed by atoms with Crippen molar-refractivity contribution in [2.45, 2.75) is 18.8 Å². The van der Waals surface area contributed by atoms with Crippen LogP contribution >= 0.6 is 11.6 Å². The molecule has 0 atom stereocenters. The maximum Gasteiger partial charge on any atom is 0.433 e. The fourth-order valence-electron chi connectivity index (χ4n) is 3.40. The maximum absolute atomic E-state index is 12.9. The van der Waals surface area contributed by atoms with Gasteiger partial charge in [0.1, 0.15) is 17.9 Å². The third-order valence-electron chi connectivity index (χ3n) is 5.40. The van der Waals surface area contributed by atoms with Gasteiger partial charge in [0.2, 0.25) is 5.91 Å². The fourth-order valence-corrected chi connectivity index (χ4v) is 3.61. The van der Waals surface area contributed by atoms with Gasteiger partial charge < -0.3 is 15.1 Å². The van der Waals surface area contributed by atoms with Crippen LogP contribution in [0.1, 0.15) is 16.2 Å². The summed E-state index contributed by atoms with van der Waals surface area (Å²) in [6, 6.07) is 6.47. The number of likely N-dealkylation sites (tertiary alicyclic amines) is 1. The molecule has 0 aliphatic carbocycles. The summed E-state index contributed by atoms with van der Waals surface area (Å²) in [5.74, 6) is -0.894. The molecule has 0 radical (unpaired) electrons. The summed E-state index contributed by atoms with van der Waals surface area (Å²) in [6.45, 7) is 1.39. The van der Waals surface area contributed by atoms with E-state index in [-0.39, 0.29) is 23.2 Å². The molecule has 0 unspecified atom stereocenters. The van der Waals surface area contributed by atoms with Crippen molar-refractivity contribution in [3.63, 3.8) is 0 Å². The predicted molar refractivity (Wildman–Crippen MR) is 116 cm³/mol. The van der Waals surface area contributed by atoms with Crippen LogP contribution in [0.2, 0.25) is 5.02 Å². The number of amides is 2. The van der Waals surface area contributed by atoms with Crippen molar-refractivity contribution in [2.75, 3.05) is 32.5 Å². The fraction of sp³-hybridized carbons (Fsp3) is 0.333. The summed E-state index contributed by atoms with van der Waals surface area (Å²) in [5.41, 5.74) is -0.858. The number of carbonyl (C=O) groups excluding carboxylic acids is 2. The van der Waals surface area contributed by atoms with Crippen molar-refractivity contribution in [3.05, 3.63) is 52.9 Å². The van der Waals surface area contributed by atoms with Crippen LogP contribution in [0.3, 0.4) is 0 Å². The highest BCUT2D eigenvalue weighted by atomic mass is 35.5. The second-order valence-electron chi connectivity index (χ2n) is 7.99. The average molecular weight is 481 g/mol. The van der Waals surface area contributed by atoms with Gasteiger partial charge in [0.05, 0.1) is 16.2 Å². The van der Waals surface area contributed by atoms with E-state index in [1.807, 2.05) is 14.1 Å². The molecule has 0 bridgehead atoms. The number of hydrogen-bond donors (Lipinski definition) is 1.